The molecule has 0 saturated heterocycles. The van der Waals surface area contributed by atoms with Gasteiger partial charge in [0.25, 0.3) is 0 Å². The van der Waals surface area contributed by atoms with E-state index in [1.807, 2.05) is 6.92 Å². The summed E-state index contributed by atoms with van der Waals surface area (Å²) in [5.41, 5.74) is 1.33. The van der Waals surface area contributed by atoms with E-state index in [4.69, 9.17) is 23.2 Å². The van der Waals surface area contributed by atoms with Gasteiger partial charge in [0.05, 0.1) is 12.2 Å². The first-order valence-corrected chi connectivity index (χ1v) is 6.65. The molecule has 1 amide bonds. The van der Waals surface area contributed by atoms with Gasteiger partial charge in [0.1, 0.15) is 5.15 Å². The lowest BCUT2D eigenvalue weighted by molar-refractivity contribution is -0.115. The van der Waals surface area contributed by atoms with Crippen LogP contribution in [0.5, 0.6) is 0 Å². The zero-order chi connectivity index (χ0) is 13.1. The number of hydrogen-bond acceptors (Lipinski definition) is 3. The molecular formula is C12H15Cl2N3O. The van der Waals surface area contributed by atoms with Crippen molar-refractivity contribution in [2.45, 2.75) is 19.8 Å². The number of rotatable bonds is 5. The molecular weight excluding hydrogens is 273 g/mol. The van der Waals surface area contributed by atoms with Crippen molar-refractivity contribution >= 4 is 34.8 Å². The van der Waals surface area contributed by atoms with Crippen LogP contribution in [0.25, 0.3) is 0 Å². The molecule has 98 valence electrons. The number of halogens is 2. The number of carbonyl (C=O) groups is 1. The molecule has 1 fully saturated rings. The number of aryl methyl sites for hydroxylation is 1. The molecule has 2 rings (SSSR count). The maximum atomic E-state index is 11.7. The van der Waals surface area contributed by atoms with Crippen LogP contribution in [0.15, 0.2) is 6.07 Å². The van der Waals surface area contributed by atoms with E-state index in [9.17, 15) is 4.79 Å². The summed E-state index contributed by atoms with van der Waals surface area (Å²) >= 11 is 11.7. The summed E-state index contributed by atoms with van der Waals surface area (Å²) in [5, 5.41) is 6.40. The van der Waals surface area contributed by atoms with Crippen LogP contribution in [-0.4, -0.2) is 24.0 Å². The second kappa shape index (κ2) is 5.87. The molecule has 1 heterocycles. The molecule has 0 spiro atoms. The summed E-state index contributed by atoms with van der Waals surface area (Å²) in [6, 6.07) is 1.67. The topological polar surface area (TPSA) is 54.0 Å². The molecule has 2 N–H and O–H groups in total. The van der Waals surface area contributed by atoms with Crippen molar-refractivity contribution in [3.05, 3.63) is 21.9 Å². The normalized spacial score (nSPS) is 14.6. The number of nitrogens with one attached hydrogen (secondary N) is 2. The van der Waals surface area contributed by atoms with Crippen molar-refractivity contribution in [1.29, 1.82) is 0 Å². The molecule has 0 radical (unpaired) electrons. The molecule has 6 heteroatoms. The van der Waals surface area contributed by atoms with E-state index in [1.165, 1.54) is 12.8 Å². The molecule has 0 unspecified atom stereocenters. The van der Waals surface area contributed by atoms with E-state index in [-0.39, 0.29) is 17.6 Å². The highest BCUT2D eigenvalue weighted by atomic mass is 35.5. The second-order valence-electron chi connectivity index (χ2n) is 4.55. The minimum Gasteiger partial charge on any atom is -0.322 e. The highest BCUT2D eigenvalue weighted by Crippen LogP contribution is 2.28. The lowest BCUT2D eigenvalue weighted by Gasteiger charge is -2.10. The van der Waals surface area contributed by atoms with Crippen LogP contribution in [0.1, 0.15) is 18.4 Å². The van der Waals surface area contributed by atoms with Crippen LogP contribution < -0.4 is 10.6 Å². The molecule has 0 aliphatic heterocycles. The maximum Gasteiger partial charge on any atom is 0.238 e. The maximum absolute atomic E-state index is 11.7. The number of hydrogen-bond donors (Lipinski definition) is 2. The Morgan fingerprint density at radius 1 is 1.50 bits per heavy atom. The zero-order valence-corrected chi connectivity index (χ0v) is 11.6. The summed E-state index contributed by atoms with van der Waals surface area (Å²) in [6.45, 7) is 3.01. The van der Waals surface area contributed by atoms with Gasteiger partial charge < -0.3 is 10.6 Å². The molecule has 0 atom stereocenters. The van der Waals surface area contributed by atoms with Crippen molar-refractivity contribution in [3.63, 3.8) is 0 Å². The predicted octanol–water partition coefficient (Wildman–Crippen LogP) is 2.63. The van der Waals surface area contributed by atoms with Gasteiger partial charge in [0.15, 0.2) is 5.15 Å². The lowest BCUT2D eigenvalue weighted by atomic mass is 10.2. The van der Waals surface area contributed by atoms with Gasteiger partial charge in [-0.1, -0.05) is 23.2 Å². The Balaban J connectivity index is 1.89. The van der Waals surface area contributed by atoms with Crippen molar-refractivity contribution < 1.29 is 4.79 Å². The number of aromatic nitrogens is 1. The summed E-state index contributed by atoms with van der Waals surface area (Å²) in [5.74, 6) is 0.630. The van der Waals surface area contributed by atoms with E-state index in [0.717, 1.165) is 18.0 Å². The Bertz CT molecular complexity index is 438. The summed E-state index contributed by atoms with van der Waals surface area (Å²) in [6.07, 6.45) is 2.53. The third-order valence-corrected chi connectivity index (χ3v) is 3.29. The Kier molecular flexibility index (Phi) is 4.43. The van der Waals surface area contributed by atoms with E-state index in [2.05, 4.69) is 15.6 Å². The second-order valence-corrected chi connectivity index (χ2v) is 5.30. The molecule has 1 aromatic rings. The molecule has 1 aromatic heterocycles. The van der Waals surface area contributed by atoms with E-state index < -0.39 is 0 Å². The van der Waals surface area contributed by atoms with Crippen molar-refractivity contribution in [3.8, 4) is 0 Å². The average Bonchev–Trinajstić information content (AvgIpc) is 3.07. The van der Waals surface area contributed by atoms with Gasteiger partial charge in [0, 0.05) is 0 Å². The monoisotopic (exact) mass is 287 g/mol. The van der Waals surface area contributed by atoms with Gasteiger partial charge in [-0.15, -0.1) is 0 Å². The van der Waals surface area contributed by atoms with Gasteiger partial charge in [0.2, 0.25) is 5.91 Å². The van der Waals surface area contributed by atoms with Crippen LogP contribution in [-0.2, 0) is 4.79 Å². The van der Waals surface area contributed by atoms with Crippen molar-refractivity contribution in [2.75, 3.05) is 18.4 Å². The van der Waals surface area contributed by atoms with Gasteiger partial charge in [-0.25, -0.2) is 4.98 Å². The van der Waals surface area contributed by atoms with E-state index in [0.29, 0.717) is 10.8 Å². The molecule has 0 bridgehead atoms. The Labute approximate surface area is 116 Å². The average molecular weight is 288 g/mol. The molecule has 4 nitrogen and oxygen atoms in total. The third kappa shape index (κ3) is 3.83. The van der Waals surface area contributed by atoms with Crippen LogP contribution in [0.3, 0.4) is 0 Å². The standard InChI is InChI=1S/C12H15Cl2N3O/c1-7-4-9(13)16-12(14)11(7)17-10(18)6-15-5-8-2-3-8/h4,8,15H,2-3,5-6H2,1H3,(H,17,18). The van der Waals surface area contributed by atoms with Crippen LogP contribution >= 0.6 is 23.2 Å². The van der Waals surface area contributed by atoms with Gasteiger partial charge >= 0.3 is 0 Å². The Morgan fingerprint density at radius 3 is 2.83 bits per heavy atom. The SMILES string of the molecule is Cc1cc(Cl)nc(Cl)c1NC(=O)CNCC1CC1. The molecule has 1 saturated carbocycles. The summed E-state index contributed by atoms with van der Waals surface area (Å²) in [4.78, 5) is 15.6. The van der Waals surface area contributed by atoms with Crippen LogP contribution in [0, 0.1) is 12.8 Å². The molecule has 1 aliphatic rings. The summed E-state index contributed by atoms with van der Waals surface area (Å²) < 4.78 is 0. The largest absolute Gasteiger partial charge is 0.322 e. The van der Waals surface area contributed by atoms with Crippen molar-refractivity contribution in [1.82, 2.24) is 10.3 Å². The minimum absolute atomic E-state index is 0.121. The quantitative estimate of drug-likeness (QED) is 0.819. The van der Waals surface area contributed by atoms with E-state index >= 15 is 0 Å². The minimum atomic E-state index is -0.121. The van der Waals surface area contributed by atoms with Gasteiger partial charge in [-0.2, -0.15) is 0 Å². The van der Waals surface area contributed by atoms with Crippen LogP contribution in [0.4, 0.5) is 5.69 Å². The number of nitrogens with zero attached hydrogens (tertiary/aromatic N) is 1. The first kappa shape index (κ1) is 13.6. The first-order valence-electron chi connectivity index (χ1n) is 5.89. The third-order valence-electron chi connectivity index (χ3n) is 2.82. The van der Waals surface area contributed by atoms with Gasteiger partial charge in [-0.05, 0) is 43.9 Å². The lowest BCUT2D eigenvalue weighted by Crippen LogP contribution is -2.29. The fourth-order valence-corrected chi connectivity index (χ4v) is 2.22. The zero-order valence-electron chi connectivity index (χ0n) is 10.1. The molecule has 18 heavy (non-hydrogen) atoms. The summed E-state index contributed by atoms with van der Waals surface area (Å²) in [7, 11) is 0. The first-order chi connectivity index (χ1) is 8.56. The fourth-order valence-electron chi connectivity index (χ4n) is 1.64. The Morgan fingerprint density at radius 2 is 2.22 bits per heavy atom. The van der Waals surface area contributed by atoms with Gasteiger partial charge in [-0.3, -0.25) is 4.79 Å². The van der Waals surface area contributed by atoms with Crippen LogP contribution in [0.2, 0.25) is 10.3 Å². The predicted molar refractivity (Wildman–Crippen MR) is 73.2 cm³/mol. The number of pyridine rings is 1. The smallest absolute Gasteiger partial charge is 0.238 e. The Hall–Kier alpha value is -0.840. The number of anilines is 1. The fraction of sp³-hybridized carbons (Fsp3) is 0.500. The molecule has 1 aliphatic carbocycles. The number of amides is 1. The van der Waals surface area contributed by atoms with Crippen molar-refractivity contribution in [2.24, 2.45) is 5.92 Å². The highest BCUT2D eigenvalue weighted by molar-refractivity contribution is 6.34. The number of carbonyl (C=O) groups excluding carboxylic acids is 1. The molecule has 0 aromatic carbocycles. The van der Waals surface area contributed by atoms with E-state index in [1.54, 1.807) is 6.07 Å². The highest BCUT2D eigenvalue weighted by Gasteiger charge is 2.20.